The van der Waals surface area contributed by atoms with Gasteiger partial charge in [0.05, 0.1) is 19.3 Å². The van der Waals surface area contributed by atoms with E-state index in [1.54, 1.807) is 0 Å². The molecule has 1 fully saturated rings. The summed E-state index contributed by atoms with van der Waals surface area (Å²) in [6.45, 7) is 12.2. The molecule has 1 saturated heterocycles. The number of aliphatic imine (C=N–C) groups is 1. The minimum absolute atomic E-state index is 0. The number of piperidine rings is 1. The van der Waals surface area contributed by atoms with Gasteiger partial charge < -0.3 is 25.4 Å². The van der Waals surface area contributed by atoms with E-state index in [9.17, 15) is 5.11 Å². The maximum absolute atomic E-state index is 9.58. The molecule has 0 unspecified atom stereocenters. The fourth-order valence-corrected chi connectivity index (χ4v) is 3.24. The molecule has 1 aliphatic rings. The van der Waals surface area contributed by atoms with Gasteiger partial charge in [0, 0.05) is 31.7 Å². The second kappa shape index (κ2) is 14.0. The molecular formula is C21H37IN4O2. The van der Waals surface area contributed by atoms with Crippen LogP contribution in [0.15, 0.2) is 23.2 Å². The van der Waals surface area contributed by atoms with Crippen LogP contribution in [0.5, 0.6) is 5.75 Å². The minimum atomic E-state index is -0.102. The van der Waals surface area contributed by atoms with Gasteiger partial charge in [-0.25, -0.2) is 4.99 Å². The van der Waals surface area contributed by atoms with Crippen molar-refractivity contribution >= 4 is 29.9 Å². The highest BCUT2D eigenvalue weighted by molar-refractivity contribution is 14.0. The fourth-order valence-electron chi connectivity index (χ4n) is 3.24. The third kappa shape index (κ3) is 8.96. The van der Waals surface area contributed by atoms with E-state index in [1.165, 1.54) is 5.56 Å². The largest absolute Gasteiger partial charge is 0.494 e. The number of nitrogens with one attached hydrogen (secondary N) is 2. The van der Waals surface area contributed by atoms with Crippen molar-refractivity contribution in [2.24, 2.45) is 4.99 Å². The summed E-state index contributed by atoms with van der Waals surface area (Å²) in [4.78, 5) is 7.15. The second-order valence-electron chi connectivity index (χ2n) is 7.09. The Morgan fingerprint density at radius 1 is 1.25 bits per heavy atom. The summed E-state index contributed by atoms with van der Waals surface area (Å²) in [6.07, 6.45) is 2.76. The summed E-state index contributed by atoms with van der Waals surface area (Å²) in [5.74, 6) is 1.76. The van der Waals surface area contributed by atoms with Gasteiger partial charge in [-0.15, -0.1) is 24.0 Å². The maximum atomic E-state index is 9.58. The Kier molecular flexibility index (Phi) is 12.5. The van der Waals surface area contributed by atoms with Crippen molar-refractivity contribution in [3.63, 3.8) is 0 Å². The Morgan fingerprint density at radius 2 is 2.00 bits per heavy atom. The number of rotatable bonds is 9. The van der Waals surface area contributed by atoms with Crippen LogP contribution in [-0.2, 0) is 6.54 Å². The summed E-state index contributed by atoms with van der Waals surface area (Å²) >= 11 is 0. The smallest absolute Gasteiger partial charge is 0.191 e. The van der Waals surface area contributed by atoms with Crippen molar-refractivity contribution < 1.29 is 9.84 Å². The highest BCUT2D eigenvalue weighted by atomic mass is 127. The standard InChI is InChI=1S/C21H36N4O2.HI/c1-4-22-21(23-11-6-12-25-13-9-19(26)10-14-25)24-16-18-8-7-17(3)15-20(18)27-5-2;/h7-8,15,19,26H,4-6,9-14,16H2,1-3H3,(H2,22,23,24);1H. The number of aryl methyl sites for hydroxylation is 1. The van der Waals surface area contributed by atoms with E-state index in [4.69, 9.17) is 9.73 Å². The number of aliphatic hydroxyl groups is 1. The molecule has 6 nitrogen and oxygen atoms in total. The predicted octanol–water partition coefficient (Wildman–Crippen LogP) is 2.91. The number of guanidine groups is 1. The zero-order valence-corrected chi connectivity index (χ0v) is 19.9. The van der Waals surface area contributed by atoms with Crippen LogP contribution in [0.3, 0.4) is 0 Å². The zero-order chi connectivity index (χ0) is 19.5. The first kappa shape index (κ1) is 25.0. The minimum Gasteiger partial charge on any atom is -0.494 e. The van der Waals surface area contributed by atoms with Gasteiger partial charge in [-0.2, -0.15) is 0 Å². The number of benzene rings is 1. The van der Waals surface area contributed by atoms with Crippen LogP contribution < -0.4 is 15.4 Å². The van der Waals surface area contributed by atoms with Crippen LogP contribution in [0.4, 0.5) is 0 Å². The lowest BCUT2D eigenvalue weighted by molar-refractivity contribution is 0.0823. The van der Waals surface area contributed by atoms with Crippen LogP contribution in [0.2, 0.25) is 0 Å². The summed E-state index contributed by atoms with van der Waals surface area (Å²) in [5, 5.41) is 16.3. The molecule has 1 aliphatic heterocycles. The van der Waals surface area contributed by atoms with Gasteiger partial charge in [-0.1, -0.05) is 12.1 Å². The molecule has 0 atom stereocenters. The number of hydrogen-bond acceptors (Lipinski definition) is 4. The molecule has 160 valence electrons. The van der Waals surface area contributed by atoms with Crippen molar-refractivity contribution in [2.45, 2.75) is 52.7 Å². The molecule has 0 spiro atoms. The van der Waals surface area contributed by atoms with Crippen LogP contribution in [0.25, 0.3) is 0 Å². The molecule has 0 saturated carbocycles. The lowest BCUT2D eigenvalue weighted by Gasteiger charge is -2.29. The van der Waals surface area contributed by atoms with Gasteiger partial charge in [0.1, 0.15) is 5.75 Å². The monoisotopic (exact) mass is 504 g/mol. The van der Waals surface area contributed by atoms with Crippen LogP contribution in [-0.4, -0.2) is 61.4 Å². The number of halogens is 1. The van der Waals surface area contributed by atoms with Crippen molar-refractivity contribution in [3.8, 4) is 5.75 Å². The molecule has 28 heavy (non-hydrogen) atoms. The van der Waals surface area contributed by atoms with E-state index < -0.39 is 0 Å². The first-order valence-electron chi connectivity index (χ1n) is 10.3. The third-order valence-corrected chi connectivity index (χ3v) is 4.77. The molecule has 0 radical (unpaired) electrons. The molecule has 7 heteroatoms. The molecule has 3 N–H and O–H groups in total. The van der Waals surface area contributed by atoms with Gasteiger partial charge in [0.15, 0.2) is 5.96 Å². The Hall–Kier alpha value is -1.06. The quantitative estimate of drug-likeness (QED) is 0.209. The molecular weight excluding hydrogens is 467 g/mol. The van der Waals surface area contributed by atoms with E-state index in [0.717, 1.165) is 69.3 Å². The van der Waals surface area contributed by atoms with E-state index in [2.05, 4.69) is 47.6 Å². The van der Waals surface area contributed by atoms with Crippen molar-refractivity contribution in [3.05, 3.63) is 29.3 Å². The number of hydrogen-bond donors (Lipinski definition) is 3. The number of ether oxygens (including phenoxy) is 1. The van der Waals surface area contributed by atoms with E-state index in [1.807, 2.05) is 6.92 Å². The Balaban J connectivity index is 0.00000392. The lowest BCUT2D eigenvalue weighted by atomic mass is 10.1. The van der Waals surface area contributed by atoms with Crippen molar-refractivity contribution in [2.75, 3.05) is 39.3 Å². The van der Waals surface area contributed by atoms with Crippen molar-refractivity contribution in [1.82, 2.24) is 15.5 Å². The summed E-state index contributed by atoms with van der Waals surface area (Å²) < 4.78 is 5.75. The molecule has 2 rings (SSSR count). The lowest BCUT2D eigenvalue weighted by Crippen LogP contribution is -2.40. The van der Waals surface area contributed by atoms with E-state index >= 15 is 0 Å². The maximum Gasteiger partial charge on any atom is 0.191 e. The molecule has 1 heterocycles. The Labute approximate surface area is 187 Å². The highest BCUT2D eigenvalue weighted by Gasteiger charge is 2.16. The molecule has 0 aliphatic carbocycles. The SMILES string of the molecule is CCNC(=NCc1ccc(C)cc1OCC)NCCCN1CCC(O)CC1.I. The highest BCUT2D eigenvalue weighted by Crippen LogP contribution is 2.21. The van der Waals surface area contributed by atoms with Crippen LogP contribution in [0, 0.1) is 6.92 Å². The zero-order valence-electron chi connectivity index (χ0n) is 17.5. The molecule has 0 aromatic heterocycles. The Morgan fingerprint density at radius 3 is 2.68 bits per heavy atom. The van der Waals surface area contributed by atoms with Crippen LogP contribution >= 0.6 is 24.0 Å². The average molecular weight is 504 g/mol. The Bertz CT molecular complexity index is 590. The molecule has 1 aromatic carbocycles. The third-order valence-electron chi connectivity index (χ3n) is 4.77. The summed E-state index contributed by atoms with van der Waals surface area (Å²) in [6, 6.07) is 6.27. The predicted molar refractivity (Wildman–Crippen MR) is 127 cm³/mol. The first-order valence-corrected chi connectivity index (χ1v) is 10.3. The molecule has 0 amide bonds. The van der Waals surface area contributed by atoms with Gasteiger partial charge >= 0.3 is 0 Å². The van der Waals surface area contributed by atoms with Crippen LogP contribution in [0.1, 0.15) is 44.2 Å². The first-order chi connectivity index (χ1) is 13.1. The molecule has 0 bridgehead atoms. The van der Waals surface area contributed by atoms with Gasteiger partial charge in [-0.3, -0.25) is 0 Å². The normalized spacial score (nSPS) is 15.8. The summed E-state index contributed by atoms with van der Waals surface area (Å²) in [7, 11) is 0. The molecule has 1 aromatic rings. The van der Waals surface area contributed by atoms with E-state index in [-0.39, 0.29) is 30.1 Å². The average Bonchev–Trinajstić information content (AvgIpc) is 2.66. The van der Waals surface area contributed by atoms with Gasteiger partial charge in [0.25, 0.3) is 0 Å². The number of nitrogens with zero attached hydrogens (tertiary/aromatic N) is 2. The van der Waals surface area contributed by atoms with Gasteiger partial charge in [0.2, 0.25) is 0 Å². The summed E-state index contributed by atoms with van der Waals surface area (Å²) in [5.41, 5.74) is 2.30. The van der Waals surface area contributed by atoms with Crippen molar-refractivity contribution in [1.29, 1.82) is 0 Å². The van der Waals surface area contributed by atoms with E-state index in [0.29, 0.717) is 13.2 Å². The fraction of sp³-hybridized carbons (Fsp3) is 0.667. The topological polar surface area (TPSA) is 69.1 Å². The van der Waals surface area contributed by atoms with Gasteiger partial charge in [-0.05, 0) is 58.2 Å². The number of aliphatic hydroxyl groups excluding tert-OH is 1. The second-order valence-corrected chi connectivity index (χ2v) is 7.09. The number of likely N-dealkylation sites (tertiary alicyclic amines) is 1.